The summed E-state index contributed by atoms with van der Waals surface area (Å²) in [6.07, 6.45) is 66.8. The summed E-state index contributed by atoms with van der Waals surface area (Å²) in [7, 11) is 0. The molecule has 0 fully saturated rings. The van der Waals surface area contributed by atoms with Crippen LogP contribution >= 0.6 is 0 Å². The number of allylic oxidation sites excluding steroid dienone is 16. The second-order valence-corrected chi connectivity index (χ2v) is 16.7. The molecule has 0 radical (unpaired) electrons. The molecule has 0 aromatic carbocycles. The van der Waals surface area contributed by atoms with Crippen LogP contribution in [0.15, 0.2) is 97.2 Å². The molecule has 0 aliphatic rings. The number of carbonyl (C=O) groups is 3. The summed E-state index contributed by atoms with van der Waals surface area (Å²) < 4.78 is 16.7. The van der Waals surface area contributed by atoms with Crippen molar-refractivity contribution < 1.29 is 28.6 Å². The Morgan fingerprint density at radius 1 is 0.333 bits per heavy atom. The van der Waals surface area contributed by atoms with Gasteiger partial charge < -0.3 is 14.2 Å². The zero-order chi connectivity index (χ0) is 45.8. The van der Waals surface area contributed by atoms with Crippen molar-refractivity contribution in [2.75, 3.05) is 13.2 Å². The van der Waals surface area contributed by atoms with E-state index in [2.05, 4.69) is 118 Å². The van der Waals surface area contributed by atoms with Crippen LogP contribution in [0.1, 0.15) is 226 Å². The third-order valence-corrected chi connectivity index (χ3v) is 10.6. The number of carbonyl (C=O) groups excluding carboxylic acids is 3. The minimum absolute atomic E-state index is 0.0909. The molecule has 0 saturated carbocycles. The summed E-state index contributed by atoms with van der Waals surface area (Å²) >= 11 is 0. The Kier molecular flexibility index (Phi) is 48.0. The van der Waals surface area contributed by atoms with E-state index in [9.17, 15) is 14.4 Å². The van der Waals surface area contributed by atoms with Gasteiger partial charge in [0.2, 0.25) is 0 Å². The highest BCUT2D eigenvalue weighted by atomic mass is 16.6. The first-order valence-electron chi connectivity index (χ1n) is 25.7. The van der Waals surface area contributed by atoms with Gasteiger partial charge in [-0.3, -0.25) is 14.4 Å². The molecular weight excluding hydrogens is 781 g/mol. The standard InChI is InChI=1S/C57H94O6/c1-4-7-10-13-16-19-21-23-25-26-27-28-29-30-32-33-35-38-41-44-47-50-56(59)62-53-54(52-61-55(58)49-46-43-40-37-18-15-12-9-6-3)63-57(60)51-48-45-42-39-36-34-31-24-22-20-17-14-11-8-5-2/h7-8,10-11,16-17,19-20,23-25,27-28,30-32,54H,4-6,9,12-15,18,21-22,26,29,33-53H2,1-3H3/b10-7-,11-8-,19-16-,20-17-,25-23-,28-27-,31-24-,32-30-. The van der Waals surface area contributed by atoms with E-state index in [-0.39, 0.29) is 31.1 Å². The minimum atomic E-state index is -0.793. The normalized spacial score (nSPS) is 12.9. The van der Waals surface area contributed by atoms with E-state index in [0.717, 1.165) is 148 Å². The summed E-state index contributed by atoms with van der Waals surface area (Å²) in [4.78, 5) is 37.9. The highest BCUT2D eigenvalue weighted by molar-refractivity contribution is 5.71. The average Bonchev–Trinajstić information content (AvgIpc) is 3.28. The van der Waals surface area contributed by atoms with Crippen LogP contribution in [0, 0.1) is 0 Å². The van der Waals surface area contributed by atoms with E-state index in [1.807, 2.05) is 0 Å². The fourth-order valence-corrected chi connectivity index (χ4v) is 6.78. The van der Waals surface area contributed by atoms with Crippen LogP contribution in [0.4, 0.5) is 0 Å². The van der Waals surface area contributed by atoms with Crippen LogP contribution < -0.4 is 0 Å². The topological polar surface area (TPSA) is 78.9 Å². The molecule has 0 aromatic rings. The largest absolute Gasteiger partial charge is 0.462 e. The molecule has 1 atom stereocenters. The van der Waals surface area contributed by atoms with E-state index < -0.39 is 6.10 Å². The summed E-state index contributed by atoms with van der Waals surface area (Å²) in [6, 6.07) is 0. The SMILES string of the molecule is CC/C=C\C/C=C\C/C=C\C/C=C\C/C=C\CCCCCCCC(=O)OCC(COC(=O)CCCCCCCCCCC)OC(=O)CCCCCCC/C=C\C/C=C\C/C=C\CC. The quantitative estimate of drug-likeness (QED) is 0.0262. The molecule has 1 unspecified atom stereocenters. The van der Waals surface area contributed by atoms with E-state index >= 15 is 0 Å². The average molecular weight is 875 g/mol. The van der Waals surface area contributed by atoms with E-state index in [0.29, 0.717) is 19.3 Å². The van der Waals surface area contributed by atoms with Gasteiger partial charge in [-0.2, -0.15) is 0 Å². The Hall–Kier alpha value is -3.67. The van der Waals surface area contributed by atoms with Gasteiger partial charge in [-0.25, -0.2) is 0 Å². The lowest BCUT2D eigenvalue weighted by Crippen LogP contribution is -2.30. The van der Waals surface area contributed by atoms with Gasteiger partial charge >= 0.3 is 17.9 Å². The first-order chi connectivity index (χ1) is 31.0. The molecule has 0 aliphatic carbocycles. The minimum Gasteiger partial charge on any atom is -0.462 e. The van der Waals surface area contributed by atoms with E-state index in [4.69, 9.17) is 14.2 Å². The predicted octanol–water partition coefficient (Wildman–Crippen LogP) is 17.0. The molecule has 0 heterocycles. The van der Waals surface area contributed by atoms with Crippen molar-refractivity contribution in [3.63, 3.8) is 0 Å². The van der Waals surface area contributed by atoms with Crippen molar-refractivity contribution in [1.29, 1.82) is 0 Å². The Bertz CT molecular complexity index is 1280. The maximum absolute atomic E-state index is 12.8. The summed E-state index contributed by atoms with van der Waals surface area (Å²) in [5, 5.41) is 0. The summed E-state index contributed by atoms with van der Waals surface area (Å²) in [5.74, 6) is -0.934. The predicted molar refractivity (Wildman–Crippen MR) is 270 cm³/mol. The van der Waals surface area contributed by atoms with Gasteiger partial charge in [-0.15, -0.1) is 0 Å². The zero-order valence-corrected chi connectivity index (χ0v) is 40.8. The van der Waals surface area contributed by atoms with Crippen molar-refractivity contribution in [3.8, 4) is 0 Å². The van der Waals surface area contributed by atoms with Gasteiger partial charge in [0.25, 0.3) is 0 Å². The molecule has 0 bridgehead atoms. The molecule has 0 aromatic heterocycles. The Morgan fingerprint density at radius 2 is 0.619 bits per heavy atom. The van der Waals surface area contributed by atoms with Gasteiger partial charge in [0, 0.05) is 19.3 Å². The van der Waals surface area contributed by atoms with Gasteiger partial charge in [-0.1, -0.05) is 208 Å². The smallest absolute Gasteiger partial charge is 0.306 e. The van der Waals surface area contributed by atoms with E-state index in [1.54, 1.807) is 0 Å². The summed E-state index contributed by atoms with van der Waals surface area (Å²) in [6.45, 7) is 6.35. The second-order valence-electron chi connectivity index (χ2n) is 16.7. The van der Waals surface area contributed by atoms with Crippen LogP contribution in [-0.2, 0) is 28.6 Å². The fraction of sp³-hybridized carbons (Fsp3) is 0.667. The molecule has 6 heteroatoms. The molecule has 0 rings (SSSR count). The third kappa shape index (κ3) is 49.2. The lowest BCUT2D eigenvalue weighted by Gasteiger charge is -2.18. The highest BCUT2D eigenvalue weighted by Gasteiger charge is 2.19. The molecule has 0 aliphatic heterocycles. The van der Waals surface area contributed by atoms with Crippen LogP contribution in [-0.4, -0.2) is 37.2 Å². The summed E-state index contributed by atoms with van der Waals surface area (Å²) in [5.41, 5.74) is 0. The lowest BCUT2D eigenvalue weighted by atomic mass is 10.1. The van der Waals surface area contributed by atoms with Crippen LogP contribution in [0.5, 0.6) is 0 Å². The van der Waals surface area contributed by atoms with Gasteiger partial charge in [0.1, 0.15) is 13.2 Å². The van der Waals surface area contributed by atoms with Crippen LogP contribution in [0.25, 0.3) is 0 Å². The molecule has 0 spiro atoms. The molecule has 358 valence electrons. The molecule has 0 amide bonds. The first kappa shape index (κ1) is 59.3. The number of rotatable bonds is 45. The maximum Gasteiger partial charge on any atom is 0.306 e. The van der Waals surface area contributed by atoms with Crippen molar-refractivity contribution in [2.24, 2.45) is 0 Å². The lowest BCUT2D eigenvalue weighted by molar-refractivity contribution is -0.167. The van der Waals surface area contributed by atoms with Crippen molar-refractivity contribution in [1.82, 2.24) is 0 Å². The maximum atomic E-state index is 12.8. The Labute approximate surface area is 387 Å². The molecule has 0 saturated heterocycles. The monoisotopic (exact) mass is 875 g/mol. The van der Waals surface area contributed by atoms with Crippen LogP contribution in [0.2, 0.25) is 0 Å². The van der Waals surface area contributed by atoms with Crippen molar-refractivity contribution in [3.05, 3.63) is 97.2 Å². The molecule has 6 nitrogen and oxygen atoms in total. The van der Waals surface area contributed by atoms with E-state index in [1.165, 1.54) is 38.5 Å². The number of hydrogen-bond donors (Lipinski definition) is 0. The highest BCUT2D eigenvalue weighted by Crippen LogP contribution is 2.14. The van der Waals surface area contributed by atoms with Crippen LogP contribution in [0.3, 0.4) is 0 Å². The van der Waals surface area contributed by atoms with Gasteiger partial charge in [-0.05, 0) is 96.3 Å². The first-order valence-corrected chi connectivity index (χ1v) is 25.7. The number of hydrogen-bond acceptors (Lipinski definition) is 6. The molecule has 0 N–H and O–H groups in total. The number of ether oxygens (including phenoxy) is 3. The zero-order valence-electron chi connectivity index (χ0n) is 40.8. The van der Waals surface area contributed by atoms with Gasteiger partial charge in [0.05, 0.1) is 0 Å². The fourth-order valence-electron chi connectivity index (χ4n) is 6.78. The number of unbranched alkanes of at least 4 members (excludes halogenated alkanes) is 18. The van der Waals surface area contributed by atoms with Crippen molar-refractivity contribution in [2.45, 2.75) is 232 Å². The Morgan fingerprint density at radius 3 is 0.968 bits per heavy atom. The Balaban J connectivity index is 4.38. The second kappa shape index (κ2) is 51.0. The van der Waals surface area contributed by atoms with Gasteiger partial charge in [0.15, 0.2) is 6.10 Å². The third-order valence-electron chi connectivity index (χ3n) is 10.6. The number of esters is 3. The molecular formula is C57H94O6. The van der Waals surface area contributed by atoms with Crippen molar-refractivity contribution >= 4 is 17.9 Å². The molecule has 63 heavy (non-hydrogen) atoms.